The molecule has 0 saturated carbocycles. The van der Waals surface area contributed by atoms with Crippen molar-refractivity contribution >= 4 is 0 Å². The van der Waals surface area contributed by atoms with Gasteiger partial charge in [-0.05, 0) is 37.8 Å². The summed E-state index contributed by atoms with van der Waals surface area (Å²) in [6.07, 6.45) is 13.3. The number of hydrogen-bond acceptors (Lipinski definition) is 0. The van der Waals surface area contributed by atoms with Crippen LogP contribution in [0.5, 0.6) is 0 Å². The van der Waals surface area contributed by atoms with Gasteiger partial charge in [0.05, 0.1) is 0 Å². The Hall–Kier alpha value is -0.720. The molecule has 0 aliphatic carbocycles. The number of hydrogen-bond donors (Lipinski definition) is 1. The second-order valence-electron chi connectivity index (χ2n) is 5.13. The summed E-state index contributed by atoms with van der Waals surface area (Å²) in [6, 6.07) is 4.56. The molecule has 0 radical (unpaired) electrons. The quantitative estimate of drug-likeness (QED) is 0.532. The molecule has 0 atom stereocenters. The summed E-state index contributed by atoms with van der Waals surface area (Å²) < 4.78 is 0. The Morgan fingerprint density at radius 1 is 0.706 bits per heavy atom. The maximum atomic E-state index is 3.57. The molecule has 1 nitrogen and oxygen atoms in total. The van der Waals surface area contributed by atoms with E-state index in [0.29, 0.717) is 0 Å². The second kappa shape index (κ2) is 9.32. The van der Waals surface area contributed by atoms with E-state index < -0.39 is 0 Å². The molecule has 0 aliphatic rings. The molecular formula is C16H29N. The van der Waals surface area contributed by atoms with Crippen LogP contribution in [0.4, 0.5) is 0 Å². The van der Waals surface area contributed by atoms with E-state index in [4.69, 9.17) is 0 Å². The first-order chi connectivity index (χ1) is 8.36. The minimum absolute atomic E-state index is 1.23. The van der Waals surface area contributed by atoms with Crippen LogP contribution in [0, 0.1) is 0 Å². The van der Waals surface area contributed by atoms with Crippen LogP contribution in [-0.2, 0) is 12.8 Å². The predicted octanol–water partition coefficient (Wildman–Crippen LogP) is 5.26. The van der Waals surface area contributed by atoms with Gasteiger partial charge in [0, 0.05) is 11.4 Å². The normalized spacial score (nSPS) is 10.9. The van der Waals surface area contributed by atoms with Crippen molar-refractivity contribution in [2.75, 3.05) is 0 Å². The highest BCUT2D eigenvalue weighted by Crippen LogP contribution is 2.11. The Morgan fingerprint density at radius 2 is 1.18 bits per heavy atom. The zero-order valence-corrected chi connectivity index (χ0v) is 11.7. The number of rotatable bonds is 10. The molecule has 0 fully saturated rings. The Bertz CT molecular complexity index is 248. The van der Waals surface area contributed by atoms with Crippen molar-refractivity contribution in [3.63, 3.8) is 0 Å². The third-order valence-electron chi connectivity index (χ3n) is 3.41. The Morgan fingerprint density at radius 3 is 1.59 bits per heavy atom. The fourth-order valence-corrected chi connectivity index (χ4v) is 2.27. The first-order valence-corrected chi connectivity index (χ1v) is 7.53. The van der Waals surface area contributed by atoms with Crippen LogP contribution in [0.25, 0.3) is 0 Å². The van der Waals surface area contributed by atoms with Gasteiger partial charge in [0.1, 0.15) is 0 Å². The van der Waals surface area contributed by atoms with Gasteiger partial charge in [0.25, 0.3) is 0 Å². The number of nitrogens with one attached hydrogen (secondary N) is 1. The molecule has 0 spiro atoms. The molecule has 0 aliphatic heterocycles. The predicted molar refractivity (Wildman–Crippen MR) is 76.5 cm³/mol. The van der Waals surface area contributed by atoms with Crippen molar-refractivity contribution in [2.24, 2.45) is 0 Å². The zero-order chi connectivity index (χ0) is 12.3. The number of aryl methyl sites for hydroxylation is 2. The summed E-state index contributed by atoms with van der Waals surface area (Å²) in [6.45, 7) is 4.53. The minimum atomic E-state index is 1.23. The van der Waals surface area contributed by atoms with Gasteiger partial charge < -0.3 is 4.98 Å². The van der Waals surface area contributed by atoms with E-state index in [-0.39, 0.29) is 0 Å². The maximum Gasteiger partial charge on any atom is 0.0149 e. The van der Waals surface area contributed by atoms with E-state index in [9.17, 15) is 0 Å². The molecule has 1 aromatic rings. The topological polar surface area (TPSA) is 15.8 Å². The van der Waals surface area contributed by atoms with Crippen LogP contribution in [0.2, 0.25) is 0 Å². The van der Waals surface area contributed by atoms with E-state index in [1.54, 1.807) is 0 Å². The van der Waals surface area contributed by atoms with Crippen molar-refractivity contribution in [2.45, 2.75) is 78.1 Å². The van der Waals surface area contributed by atoms with Gasteiger partial charge in [-0.3, -0.25) is 0 Å². The van der Waals surface area contributed by atoms with E-state index in [0.717, 1.165) is 0 Å². The molecule has 17 heavy (non-hydrogen) atoms. The number of unbranched alkanes of at least 4 members (excludes halogenated alkanes) is 6. The zero-order valence-electron chi connectivity index (χ0n) is 11.7. The first-order valence-electron chi connectivity index (χ1n) is 7.53. The lowest BCUT2D eigenvalue weighted by atomic mass is 10.1. The number of aromatic amines is 1. The lowest BCUT2D eigenvalue weighted by Gasteiger charge is -2.00. The van der Waals surface area contributed by atoms with Crippen LogP contribution < -0.4 is 0 Å². The fourth-order valence-electron chi connectivity index (χ4n) is 2.27. The number of H-pyrrole nitrogens is 1. The molecular weight excluding hydrogens is 206 g/mol. The number of aromatic nitrogens is 1. The van der Waals surface area contributed by atoms with Crippen LogP contribution >= 0.6 is 0 Å². The Balaban J connectivity index is 2.14. The highest BCUT2D eigenvalue weighted by molar-refractivity contribution is 5.13. The molecule has 0 unspecified atom stereocenters. The highest BCUT2D eigenvalue weighted by Gasteiger charge is 1.99. The minimum Gasteiger partial charge on any atom is -0.362 e. The lowest BCUT2D eigenvalue weighted by molar-refractivity contribution is 0.653. The summed E-state index contributed by atoms with van der Waals surface area (Å²) in [7, 11) is 0. The van der Waals surface area contributed by atoms with Crippen molar-refractivity contribution in [1.29, 1.82) is 0 Å². The lowest BCUT2D eigenvalue weighted by Crippen LogP contribution is -1.89. The molecule has 0 bridgehead atoms. The maximum absolute atomic E-state index is 3.57. The molecule has 1 heterocycles. The molecule has 1 heteroatoms. The van der Waals surface area contributed by atoms with Gasteiger partial charge in [-0.15, -0.1) is 0 Å². The van der Waals surface area contributed by atoms with Crippen LogP contribution in [0.3, 0.4) is 0 Å². The molecule has 1 rings (SSSR count). The van der Waals surface area contributed by atoms with Gasteiger partial charge in [0.15, 0.2) is 0 Å². The average molecular weight is 235 g/mol. The summed E-state index contributed by atoms with van der Waals surface area (Å²) in [5.41, 5.74) is 2.87. The third kappa shape index (κ3) is 6.55. The van der Waals surface area contributed by atoms with Crippen LogP contribution in [0.15, 0.2) is 12.1 Å². The summed E-state index contributed by atoms with van der Waals surface area (Å²) in [5.74, 6) is 0. The molecule has 0 aromatic carbocycles. The van der Waals surface area contributed by atoms with Crippen molar-refractivity contribution in [1.82, 2.24) is 4.98 Å². The average Bonchev–Trinajstić information content (AvgIpc) is 2.78. The molecule has 0 amide bonds. The fraction of sp³-hybridized carbons (Fsp3) is 0.750. The molecule has 1 aromatic heterocycles. The summed E-state index contributed by atoms with van der Waals surface area (Å²) in [4.78, 5) is 3.57. The SMILES string of the molecule is CCCCCCc1ccc(CCCCCC)[nH]1. The third-order valence-corrected chi connectivity index (χ3v) is 3.41. The first kappa shape index (κ1) is 14.3. The smallest absolute Gasteiger partial charge is 0.0149 e. The monoisotopic (exact) mass is 235 g/mol. The Kier molecular flexibility index (Phi) is 7.87. The van der Waals surface area contributed by atoms with Crippen molar-refractivity contribution < 1.29 is 0 Å². The van der Waals surface area contributed by atoms with Crippen molar-refractivity contribution in [3.05, 3.63) is 23.5 Å². The largest absolute Gasteiger partial charge is 0.362 e. The van der Waals surface area contributed by atoms with Gasteiger partial charge in [-0.2, -0.15) is 0 Å². The second-order valence-corrected chi connectivity index (χ2v) is 5.13. The molecule has 0 saturated heterocycles. The van der Waals surface area contributed by atoms with E-state index >= 15 is 0 Å². The molecule has 1 N–H and O–H groups in total. The van der Waals surface area contributed by atoms with Crippen molar-refractivity contribution in [3.8, 4) is 0 Å². The van der Waals surface area contributed by atoms with E-state index in [2.05, 4.69) is 31.0 Å². The molecule has 98 valence electrons. The van der Waals surface area contributed by atoms with Crippen LogP contribution in [-0.4, -0.2) is 4.98 Å². The van der Waals surface area contributed by atoms with Gasteiger partial charge in [-0.25, -0.2) is 0 Å². The highest BCUT2D eigenvalue weighted by atomic mass is 14.7. The van der Waals surface area contributed by atoms with E-state index in [1.165, 1.54) is 75.6 Å². The Labute approximate surface area is 107 Å². The summed E-state index contributed by atoms with van der Waals surface area (Å²) >= 11 is 0. The summed E-state index contributed by atoms with van der Waals surface area (Å²) in [5, 5.41) is 0. The standard InChI is InChI=1S/C16H29N/c1-3-5-7-9-11-15-13-14-16(17-15)12-10-8-6-4-2/h13-14,17H,3-12H2,1-2H3. The van der Waals surface area contributed by atoms with E-state index in [1.807, 2.05) is 0 Å². The van der Waals surface area contributed by atoms with Crippen LogP contribution in [0.1, 0.15) is 76.6 Å². The van der Waals surface area contributed by atoms with Gasteiger partial charge in [0.2, 0.25) is 0 Å². The van der Waals surface area contributed by atoms with Gasteiger partial charge >= 0.3 is 0 Å². The van der Waals surface area contributed by atoms with Gasteiger partial charge in [-0.1, -0.05) is 52.4 Å².